The van der Waals surface area contributed by atoms with Crippen LogP contribution in [0.2, 0.25) is 0 Å². The summed E-state index contributed by atoms with van der Waals surface area (Å²) in [5.41, 5.74) is -0.0241. The van der Waals surface area contributed by atoms with Crippen molar-refractivity contribution in [3.8, 4) is 5.69 Å². The molecule has 10 heteroatoms. The first-order valence-corrected chi connectivity index (χ1v) is 8.34. The summed E-state index contributed by atoms with van der Waals surface area (Å²) in [7, 11) is 0. The van der Waals surface area contributed by atoms with Gasteiger partial charge in [0.1, 0.15) is 11.6 Å². The van der Waals surface area contributed by atoms with E-state index in [-0.39, 0.29) is 18.1 Å². The average Bonchev–Trinajstić information content (AvgIpc) is 2.97. The summed E-state index contributed by atoms with van der Waals surface area (Å²) < 4.78 is 53.6. The van der Waals surface area contributed by atoms with Crippen molar-refractivity contribution >= 4 is 11.6 Å². The van der Waals surface area contributed by atoms with Crippen LogP contribution in [0.1, 0.15) is 24.0 Å². The van der Waals surface area contributed by atoms with Crippen LogP contribution >= 0.6 is 0 Å². The molecule has 0 radical (unpaired) electrons. The van der Waals surface area contributed by atoms with Gasteiger partial charge in [0.15, 0.2) is 0 Å². The minimum absolute atomic E-state index is 0.0135. The van der Waals surface area contributed by atoms with Crippen molar-refractivity contribution in [1.82, 2.24) is 19.7 Å². The van der Waals surface area contributed by atoms with Crippen molar-refractivity contribution in [2.45, 2.75) is 32.5 Å². The third kappa shape index (κ3) is 4.45. The first-order chi connectivity index (χ1) is 13.1. The van der Waals surface area contributed by atoms with Gasteiger partial charge in [0.2, 0.25) is 5.95 Å². The molecule has 1 atom stereocenters. The second kappa shape index (κ2) is 7.55. The molecule has 0 aliphatic heterocycles. The van der Waals surface area contributed by atoms with Gasteiger partial charge in [0.25, 0.3) is 0 Å². The van der Waals surface area contributed by atoms with Crippen molar-refractivity contribution in [2.24, 2.45) is 0 Å². The quantitative estimate of drug-likeness (QED) is 0.643. The molecule has 2 aromatic heterocycles. The molecule has 0 spiro atoms. The number of rotatable bonds is 5. The molecule has 0 amide bonds. The SMILES string of the molecule is Cc1cc(-n2nc(Nc3ccc(F)c(C(F)(F)F)c3)nc2C[C@H](C)O)ccn1. The van der Waals surface area contributed by atoms with E-state index in [1.165, 1.54) is 4.68 Å². The normalized spacial score (nSPS) is 12.8. The lowest BCUT2D eigenvalue weighted by molar-refractivity contribution is -0.139. The molecule has 2 heterocycles. The number of aliphatic hydroxyl groups excluding tert-OH is 1. The zero-order valence-electron chi connectivity index (χ0n) is 15.0. The number of hydrogen-bond donors (Lipinski definition) is 2. The Hall–Kier alpha value is -3.01. The molecule has 0 fully saturated rings. The van der Waals surface area contributed by atoms with Gasteiger partial charge < -0.3 is 10.4 Å². The Morgan fingerprint density at radius 3 is 2.61 bits per heavy atom. The summed E-state index contributed by atoms with van der Waals surface area (Å²) in [6, 6.07) is 5.99. The molecule has 0 aliphatic rings. The van der Waals surface area contributed by atoms with E-state index in [0.717, 1.165) is 17.8 Å². The Balaban J connectivity index is 1.97. The number of aromatic nitrogens is 4. The van der Waals surface area contributed by atoms with Crippen molar-refractivity contribution in [2.75, 3.05) is 5.32 Å². The Morgan fingerprint density at radius 2 is 1.96 bits per heavy atom. The predicted octanol–water partition coefficient (Wildman–Crippen LogP) is 3.80. The molecule has 0 unspecified atom stereocenters. The Bertz CT molecular complexity index is 984. The fourth-order valence-electron chi connectivity index (χ4n) is 2.61. The number of halogens is 4. The van der Waals surface area contributed by atoms with E-state index in [0.29, 0.717) is 17.6 Å². The lowest BCUT2D eigenvalue weighted by Crippen LogP contribution is -2.11. The summed E-state index contributed by atoms with van der Waals surface area (Å²) >= 11 is 0. The fourth-order valence-corrected chi connectivity index (χ4v) is 2.61. The number of nitrogens with zero attached hydrogens (tertiary/aromatic N) is 4. The van der Waals surface area contributed by atoms with Crippen molar-refractivity contribution in [3.05, 3.63) is 59.4 Å². The fraction of sp³-hybridized carbons (Fsp3) is 0.278. The van der Waals surface area contributed by atoms with E-state index in [4.69, 9.17) is 0 Å². The molecule has 3 aromatic rings. The van der Waals surface area contributed by atoms with Crippen LogP contribution in [0, 0.1) is 12.7 Å². The summed E-state index contributed by atoms with van der Waals surface area (Å²) in [5.74, 6) is -0.940. The van der Waals surface area contributed by atoms with Gasteiger partial charge in [0, 0.05) is 24.0 Å². The van der Waals surface area contributed by atoms with E-state index in [1.54, 1.807) is 32.2 Å². The van der Waals surface area contributed by atoms with Crippen LogP contribution in [-0.4, -0.2) is 31.0 Å². The molecule has 3 rings (SSSR count). The highest BCUT2D eigenvalue weighted by Crippen LogP contribution is 2.33. The maximum atomic E-state index is 13.5. The Kier molecular flexibility index (Phi) is 5.32. The molecule has 6 nitrogen and oxygen atoms in total. The van der Waals surface area contributed by atoms with Gasteiger partial charge in [-0.3, -0.25) is 4.98 Å². The molecule has 28 heavy (non-hydrogen) atoms. The van der Waals surface area contributed by atoms with Gasteiger partial charge in [0.05, 0.1) is 17.4 Å². The first-order valence-electron chi connectivity index (χ1n) is 8.34. The molecule has 0 bridgehead atoms. The summed E-state index contributed by atoms with van der Waals surface area (Å²) in [5, 5.41) is 16.6. The zero-order valence-corrected chi connectivity index (χ0v) is 15.0. The third-order valence-corrected chi connectivity index (χ3v) is 3.80. The standard InChI is InChI=1S/C18H17F4N5O/c1-10-7-13(5-6-23-10)27-16(8-11(2)28)25-17(26-27)24-12-3-4-15(19)14(9-12)18(20,21)22/h3-7,9,11,28H,8H2,1-2H3,(H,24,26)/t11-/m0/s1. The second-order valence-electron chi connectivity index (χ2n) is 6.29. The molecular formula is C18H17F4N5O. The molecule has 148 valence electrons. The minimum atomic E-state index is -4.82. The van der Waals surface area contributed by atoms with Crippen LogP contribution in [-0.2, 0) is 12.6 Å². The average molecular weight is 395 g/mol. The van der Waals surface area contributed by atoms with E-state index in [1.807, 2.05) is 0 Å². The molecular weight excluding hydrogens is 378 g/mol. The van der Waals surface area contributed by atoms with E-state index in [9.17, 15) is 22.7 Å². The summed E-state index contributed by atoms with van der Waals surface area (Å²) in [6.07, 6.45) is -3.77. The number of benzene rings is 1. The van der Waals surface area contributed by atoms with Gasteiger partial charge in [-0.05, 0) is 44.2 Å². The number of aryl methyl sites for hydroxylation is 1. The van der Waals surface area contributed by atoms with Gasteiger partial charge in [-0.2, -0.15) is 18.2 Å². The number of hydrogen-bond acceptors (Lipinski definition) is 5. The monoisotopic (exact) mass is 395 g/mol. The van der Waals surface area contributed by atoms with Crippen LogP contribution < -0.4 is 5.32 Å². The van der Waals surface area contributed by atoms with E-state index < -0.39 is 23.7 Å². The predicted molar refractivity (Wildman–Crippen MR) is 94.0 cm³/mol. The molecule has 0 saturated carbocycles. The minimum Gasteiger partial charge on any atom is -0.393 e. The summed E-state index contributed by atoms with van der Waals surface area (Å²) in [4.78, 5) is 8.35. The maximum absolute atomic E-state index is 13.5. The number of alkyl halides is 3. The number of nitrogens with one attached hydrogen (secondary N) is 1. The number of pyridine rings is 1. The topological polar surface area (TPSA) is 75.9 Å². The van der Waals surface area contributed by atoms with Crippen LogP contribution in [0.5, 0.6) is 0 Å². The molecule has 1 aromatic carbocycles. The maximum Gasteiger partial charge on any atom is 0.419 e. The smallest absolute Gasteiger partial charge is 0.393 e. The second-order valence-corrected chi connectivity index (χ2v) is 6.29. The third-order valence-electron chi connectivity index (χ3n) is 3.80. The van der Waals surface area contributed by atoms with Crippen molar-refractivity contribution in [3.63, 3.8) is 0 Å². The molecule has 0 aliphatic carbocycles. The highest BCUT2D eigenvalue weighted by molar-refractivity contribution is 5.55. The van der Waals surface area contributed by atoms with Crippen LogP contribution in [0.15, 0.2) is 36.5 Å². The van der Waals surface area contributed by atoms with Gasteiger partial charge in [-0.1, -0.05) is 0 Å². The van der Waals surface area contributed by atoms with Gasteiger partial charge in [-0.15, -0.1) is 5.10 Å². The van der Waals surface area contributed by atoms with Gasteiger partial charge in [-0.25, -0.2) is 9.07 Å². The van der Waals surface area contributed by atoms with E-state index >= 15 is 0 Å². The number of aliphatic hydroxyl groups is 1. The van der Waals surface area contributed by atoms with Crippen LogP contribution in [0.4, 0.5) is 29.2 Å². The van der Waals surface area contributed by atoms with Crippen LogP contribution in [0.3, 0.4) is 0 Å². The highest BCUT2D eigenvalue weighted by atomic mass is 19.4. The zero-order chi connectivity index (χ0) is 20.5. The lowest BCUT2D eigenvalue weighted by Gasteiger charge is -2.10. The largest absolute Gasteiger partial charge is 0.419 e. The van der Waals surface area contributed by atoms with E-state index in [2.05, 4.69) is 20.4 Å². The Morgan fingerprint density at radius 1 is 1.21 bits per heavy atom. The van der Waals surface area contributed by atoms with Crippen LogP contribution in [0.25, 0.3) is 5.69 Å². The Labute approximate surface area is 157 Å². The van der Waals surface area contributed by atoms with Crippen molar-refractivity contribution in [1.29, 1.82) is 0 Å². The van der Waals surface area contributed by atoms with Crippen molar-refractivity contribution < 1.29 is 22.7 Å². The summed E-state index contributed by atoms with van der Waals surface area (Å²) in [6.45, 7) is 3.38. The molecule has 2 N–H and O–H groups in total. The molecule has 0 saturated heterocycles. The number of anilines is 2. The lowest BCUT2D eigenvalue weighted by atomic mass is 10.2. The first kappa shape index (κ1) is 19.7. The van der Waals surface area contributed by atoms with Gasteiger partial charge >= 0.3 is 6.18 Å². The highest BCUT2D eigenvalue weighted by Gasteiger charge is 2.34.